The van der Waals surface area contributed by atoms with Crippen LogP contribution < -0.4 is 10.5 Å². The lowest BCUT2D eigenvalue weighted by Gasteiger charge is -2.25. The Balaban J connectivity index is 1.74. The summed E-state index contributed by atoms with van der Waals surface area (Å²) in [6.45, 7) is 0. The topological polar surface area (TPSA) is 81.2 Å². The third-order valence-corrected chi connectivity index (χ3v) is 5.64. The van der Waals surface area contributed by atoms with Gasteiger partial charge in [-0.2, -0.15) is 0 Å². The van der Waals surface area contributed by atoms with Crippen LogP contribution in [0.15, 0.2) is 42.7 Å². The average Bonchev–Trinajstić information content (AvgIpc) is 3.32. The van der Waals surface area contributed by atoms with Gasteiger partial charge in [-0.25, -0.2) is 9.97 Å². The van der Waals surface area contributed by atoms with E-state index in [9.17, 15) is 0 Å². The summed E-state index contributed by atoms with van der Waals surface area (Å²) in [5.41, 5.74) is 11.3. The van der Waals surface area contributed by atoms with E-state index in [1.807, 2.05) is 24.5 Å². The van der Waals surface area contributed by atoms with E-state index < -0.39 is 0 Å². The summed E-state index contributed by atoms with van der Waals surface area (Å²) in [6.07, 6.45) is 8.21. The Labute approximate surface area is 157 Å². The molecule has 0 bridgehead atoms. The lowest BCUT2D eigenvalue weighted by atomic mass is 9.85. The molecule has 6 nitrogen and oxygen atoms in total. The van der Waals surface area contributed by atoms with E-state index >= 15 is 0 Å². The number of hydrogen-bond acceptors (Lipinski definition) is 4. The normalized spacial score (nSPS) is 20.4. The van der Waals surface area contributed by atoms with Crippen LogP contribution in [0.4, 0.5) is 0 Å². The van der Waals surface area contributed by atoms with Gasteiger partial charge in [-0.3, -0.25) is 4.40 Å². The molecule has 0 amide bonds. The molecule has 1 aromatic carbocycles. The largest absolute Gasteiger partial charge is 0.497 e. The Kier molecular flexibility index (Phi) is 3.86. The lowest BCUT2D eigenvalue weighted by molar-refractivity contribution is 0.382. The molecule has 138 valence electrons. The maximum atomic E-state index is 6.28. The first-order valence-electron chi connectivity index (χ1n) is 9.49. The van der Waals surface area contributed by atoms with Crippen LogP contribution in [-0.4, -0.2) is 32.5 Å². The monoisotopic (exact) mass is 361 g/mol. The van der Waals surface area contributed by atoms with Gasteiger partial charge in [-0.1, -0.05) is 6.42 Å². The van der Waals surface area contributed by atoms with Crippen LogP contribution in [0.2, 0.25) is 0 Å². The maximum Gasteiger partial charge on any atom is 0.154 e. The minimum absolute atomic E-state index is 0.254. The van der Waals surface area contributed by atoms with Crippen LogP contribution in [0.25, 0.3) is 27.9 Å². The molecule has 0 aliphatic heterocycles. The summed E-state index contributed by atoms with van der Waals surface area (Å²) in [5.74, 6) is 2.30. The zero-order valence-electron chi connectivity index (χ0n) is 15.4. The van der Waals surface area contributed by atoms with Gasteiger partial charge in [0.15, 0.2) is 5.65 Å². The zero-order chi connectivity index (χ0) is 18.4. The summed E-state index contributed by atoms with van der Waals surface area (Å²) >= 11 is 0. The van der Waals surface area contributed by atoms with Crippen LogP contribution in [0.3, 0.4) is 0 Å². The molecular formula is C21H23N5O. The smallest absolute Gasteiger partial charge is 0.154 e. The molecule has 3 heterocycles. The predicted octanol–water partition coefficient (Wildman–Crippen LogP) is 3.87. The fraction of sp³-hybridized carbons (Fsp3) is 0.333. The SMILES string of the molecule is COc1ccc(-c2nc([C@@H]3CCC[C@H](N)C3)n3c2cnc2[nH]ccc23)cc1. The van der Waals surface area contributed by atoms with Crippen molar-refractivity contribution in [3.8, 4) is 17.0 Å². The molecule has 4 aromatic rings. The van der Waals surface area contributed by atoms with E-state index in [-0.39, 0.29) is 6.04 Å². The molecule has 0 spiro atoms. The fourth-order valence-corrected chi connectivity index (χ4v) is 4.28. The minimum Gasteiger partial charge on any atom is -0.497 e. The Bertz CT molecular complexity index is 1100. The van der Waals surface area contributed by atoms with Crippen molar-refractivity contribution in [1.82, 2.24) is 19.4 Å². The molecule has 2 atom stereocenters. The predicted molar refractivity (Wildman–Crippen MR) is 106 cm³/mol. The number of nitrogens with two attached hydrogens (primary N) is 1. The molecule has 5 rings (SSSR count). The summed E-state index contributed by atoms with van der Waals surface area (Å²) in [7, 11) is 1.68. The molecule has 0 saturated heterocycles. The first-order valence-corrected chi connectivity index (χ1v) is 9.49. The van der Waals surface area contributed by atoms with Crippen molar-refractivity contribution in [2.45, 2.75) is 37.6 Å². The number of rotatable bonds is 3. The number of methoxy groups -OCH3 is 1. The van der Waals surface area contributed by atoms with Gasteiger partial charge >= 0.3 is 0 Å². The highest BCUT2D eigenvalue weighted by atomic mass is 16.5. The number of imidazole rings is 1. The first-order chi connectivity index (χ1) is 13.2. The van der Waals surface area contributed by atoms with Gasteiger partial charge in [-0.15, -0.1) is 0 Å². The minimum atomic E-state index is 0.254. The number of fused-ring (bicyclic) bond motifs is 3. The molecule has 6 heteroatoms. The highest BCUT2D eigenvalue weighted by Gasteiger charge is 2.27. The van der Waals surface area contributed by atoms with E-state index in [2.05, 4.69) is 32.6 Å². The number of aromatic nitrogens is 4. The quantitative estimate of drug-likeness (QED) is 0.580. The Morgan fingerprint density at radius 2 is 2.00 bits per heavy atom. The average molecular weight is 361 g/mol. The number of nitrogens with zero attached hydrogens (tertiary/aromatic N) is 3. The second-order valence-corrected chi connectivity index (χ2v) is 7.36. The van der Waals surface area contributed by atoms with Gasteiger partial charge < -0.3 is 15.5 Å². The van der Waals surface area contributed by atoms with Gasteiger partial charge in [0.25, 0.3) is 0 Å². The molecule has 1 saturated carbocycles. The highest BCUT2D eigenvalue weighted by molar-refractivity contribution is 5.84. The Morgan fingerprint density at radius 3 is 2.78 bits per heavy atom. The number of H-pyrrole nitrogens is 1. The second kappa shape index (κ2) is 6.39. The summed E-state index contributed by atoms with van der Waals surface area (Å²) in [5, 5.41) is 0. The van der Waals surface area contributed by atoms with Crippen molar-refractivity contribution in [2.24, 2.45) is 5.73 Å². The van der Waals surface area contributed by atoms with Gasteiger partial charge in [-0.05, 0) is 49.6 Å². The first kappa shape index (κ1) is 16.3. The van der Waals surface area contributed by atoms with Gasteiger partial charge in [0.2, 0.25) is 0 Å². The standard InChI is InChI=1S/C21H23N5O/c1-27-16-7-5-13(6-8-16)19-18-12-24-20-17(9-10-23-20)26(18)21(25-19)14-3-2-4-15(22)11-14/h5-10,12,14-15,23H,2-4,11,22H2,1H3/t14-,15+/m1/s1. The van der Waals surface area contributed by atoms with Crippen molar-refractivity contribution < 1.29 is 4.74 Å². The number of aromatic amines is 1. The number of ether oxygens (including phenoxy) is 1. The molecule has 1 aliphatic rings. The van der Waals surface area contributed by atoms with E-state index in [4.69, 9.17) is 15.5 Å². The number of benzene rings is 1. The van der Waals surface area contributed by atoms with Crippen molar-refractivity contribution in [1.29, 1.82) is 0 Å². The summed E-state index contributed by atoms with van der Waals surface area (Å²) in [4.78, 5) is 12.9. The third-order valence-electron chi connectivity index (χ3n) is 5.64. The zero-order valence-corrected chi connectivity index (χ0v) is 15.4. The van der Waals surface area contributed by atoms with E-state index in [1.54, 1.807) is 7.11 Å². The van der Waals surface area contributed by atoms with Gasteiger partial charge in [0.05, 0.1) is 30.0 Å². The van der Waals surface area contributed by atoms with E-state index in [1.165, 1.54) is 0 Å². The maximum absolute atomic E-state index is 6.28. The van der Waals surface area contributed by atoms with Crippen LogP contribution in [-0.2, 0) is 0 Å². The van der Waals surface area contributed by atoms with Crippen LogP contribution in [0.1, 0.15) is 37.4 Å². The van der Waals surface area contributed by atoms with Gasteiger partial charge in [0, 0.05) is 23.7 Å². The summed E-state index contributed by atoms with van der Waals surface area (Å²) < 4.78 is 7.56. The van der Waals surface area contributed by atoms with E-state index in [0.717, 1.165) is 65.2 Å². The van der Waals surface area contributed by atoms with Gasteiger partial charge in [0.1, 0.15) is 11.6 Å². The Hall–Kier alpha value is -2.86. The van der Waals surface area contributed by atoms with Crippen LogP contribution in [0, 0.1) is 0 Å². The van der Waals surface area contributed by atoms with Crippen molar-refractivity contribution in [2.75, 3.05) is 7.11 Å². The lowest BCUT2D eigenvalue weighted by Crippen LogP contribution is -2.27. The molecule has 3 N–H and O–H groups in total. The number of hydrogen-bond donors (Lipinski definition) is 2. The van der Waals surface area contributed by atoms with Crippen LogP contribution >= 0.6 is 0 Å². The van der Waals surface area contributed by atoms with Crippen LogP contribution in [0.5, 0.6) is 5.75 Å². The highest BCUT2D eigenvalue weighted by Crippen LogP contribution is 2.36. The Morgan fingerprint density at radius 1 is 1.15 bits per heavy atom. The molecule has 27 heavy (non-hydrogen) atoms. The summed E-state index contributed by atoms with van der Waals surface area (Å²) in [6, 6.07) is 10.4. The number of nitrogens with one attached hydrogen (secondary N) is 1. The van der Waals surface area contributed by atoms with Crippen molar-refractivity contribution >= 4 is 16.7 Å². The molecule has 3 aromatic heterocycles. The van der Waals surface area contributed by atoms with E-state index in [0.29, 0.717) is 5.92 Å². The second-order valence-electron chi connectivity index (χ2n) is 7.36. The molecule has 1 aliphatic carbocycles. The van der Waals surface area contributed by atoms with Crippen molar-refractivity contribution in [3.05, 3.63) is 48.5 Å². The molecule has 0 unspecified atom stereocenters. The molecular weight excluding hydrogens is 338 g/mol. The molecule has 1 fully saturated rings. The molecule has 0 radical (unpaired) electrons. The third kappa shape index (κ3) is 2.68. The fourth-order valence-electron chi connectivity index (χ4n) is 4.28. The van der Waals surface area contributed by atoms with Crippen molar-refractivity contribution in [3.63, 3.8) is 0 Å².